The van der Waals surface area contributed by atoms with E-state index in [4.69, 9.17) is 0 Å². The molecule has 0 spiro atoms. The van der Waals surface area contributed by atoms with Gasteiger partial charge in [0.1, 0.15) is 11.5 Å². The normalized spacial score (nSPS) is 10.2. The summed E-state index contributed by atoms with van der Waals surface area (Å²) < 4.78 is 0. The standard InChI is InChI=1S/C11H13N5O/c1-8-6-16-9(7-15-8)11(17)14-3-2-10-12-4-5-13-10/h4-7H,2-3H2,1H3,(H,12,13)(H,14,17). The number of imidazole rings is 1. The second-order valence-corrected chi connectivity index (χ2v) is 3.58. The highest BCUT2D eigenvalue weighted by atomic mass is 16.1. The lowest BCUT2D eigenvalue weighted by atomic mass is 10.3. The number of H-pyrrole nitrogens is 1. The first kappa shape index (κ1) is 11.3. The van der Waals surface area contributed by atoms with E-state index in [1.165, 1.54) is 6.20 Å². The van der Waals surface area contributed by atoms with Crippen LogP contribution in [-0.4, -0.2) is 32.4 Å². The molecular formula is C11H13N5O. The Balaban J connectivity index is 1.83. The number of aromatic amines is 1. The monoisotopic (exact) mass is 231 g/mol. The van der Waals surface area contributed by atoms with Crippen LogP contribution in [-0.2, 0) is 6.42 Å². The molecule has 2 heterocycles. The highest BCUT2D eigenvalue weighted by molar-refractivity contribution is 5.91. The first-order chi connectivity index (χ1) is 8.25. The van der Waals surface area contributed by atoms with Crippen LogP contribution >= 0.6 is 0 Å². The summed E-state index contributed by atoms with van der Waals surface area (Å²) in [6.07, 6.45) is 7.14. The smallest absolute Gasteiger partial charge is 0.271 e. The van der Waals surface area contributed by atoms with Gasteiger partial charge in [-0.25, -0.2) is 9.97 Å². The number of aromatic nitrogens is 4. The molecular weight excluding hydrogens is 218 g/mol. The number of carbonyl (C=O) groups is 1. The zero-order valence-corrected chi connectivity index (χ0v) is 9.47. The molecule has 2 rings (SSSR count). The van der Waals surface area contributed by atoms with Crippen molar-refractivity contribution in [1.29, 1.82) is 0 Å². The average molecular weight is 231 g/mol. The van der Waals surface area contributed by atoms with E-state index >= 15 is 0 Å². The predicted octanol–water partition coefficient (Wildman–Crippen LogP) is 0.481. The van der Waals surface area contributed by atoms with Crippen LogP contribution in [0.5, 0.6) is 0 Å². The molecule has 6 nitrogen and oxygen atoms in total. The lowest BCUT2D eigenvalue weighted by Crippen LogP contribution is -2.26. The molecule has 0 aliphatic rings. The SMILES string of the molecule is Cc1cnc(C(=O)NCCc2ncc[nH]2)cn1. The van der Waals surface area contributed by atoms with E-state index in [1.807, 2.05) is 6.92 Å². The molecule has 0 bridgehead atoms. The second kappa shape index (κ2) is 5.20. The average Bonchev–Trinajstić information content (AvgIpc) is 2.83. The fourth-order valence-corrected chi connectivity index (χ4v) is 1.33. The molecule has 0 fully saturated rings. The molecule has 0 aliphatic heterocycles. The number of hydrogen-bond acceptors (Lipinski definition) is 4. The fraction of sp³-hybridized carbons (Fsp3) is 0.273. The Bertz CT molecular complexity index is 477. The number of amides is 1. The maximum atomic E-state index is 11.6. The number of nitrogens with one attached hydrogen (secondary N) is 2. The molecule has 0 aliphatic carbocycles. The van der Waals surface area contributed by atoms with Gasteiger partial charge in [-0.15, -0.1) is 0 Å². The summed E-state index contributed by atoms with van der Waals surface area (Å²) in [5.74, 6) is 0.629. The van der Waals surface area contributed by atoms with Crippen molar-refractivity contribution < 1.29 is 4.79 Å². The Morgan fingerprint density at radius 3 is 2.88 bits per heavy atom. The number of rotatable bonds is 4. The van der Waals surface area contributed by atoms with Crippen molar-refractivity contribution in [1.82, 2.24) is 25.3 Å². The molecule has 17 heavy (non-hydrogen) atoms. The number of carbonyl (C=O) groups excluding carboxylic acids is 1. The third kappa shape index (κ3) is 3.10. The van der Waals surface area contributed by atoms with Crippen LogP contribution in [0.1, 0.15) is 22.0 Å². The van der Waals surface area contributed by atoms with E-state index in [9.17, 15) is 4.79 Å². The van der Waals surface area contributed by atoms with E-state index in [2.05, 4.69) is 25.3 Å². The van der Waals surface area contributed by atoms with Crippen molar-refractivity contribution in [3.05, 3.63) is 42.0 Å². The lowest BCUT2D eigenvalue weighted by molar-refractivity contribution is 0.0948. The van der Waals surface area contributed by atoms with Gasteiger partial charge >= 0.3 is 0 Å². The van der Waals surface area contributed by atoms with E-state index in [0.717, 1.165) is 11.5 Å². The van der Waals surface area contributed by atoms with Gasteiger partial charge in [0.2, 0.25) is 0 Å². The van der Waals surface area contributed by atoms with Gasteiger partial charge in [0.05, 0.1) is 11.9 Å². The lowest BCUT2D eigenvalue weighted by Gasteiger charge is -2.03. The third-order valence-corrected chi connectivity index (χ3v) is 2.22. The zero-order chi connectivity index (χ0) is 12.1. The molecule has 0 aromatic carbocycles. The van der Waals surface area contributed by atoms with Gasteiger partial charge in [0.15, 0.2) is 0 Å². The molecule has 1 amide bonds. The third-order valence-electron chi connectivity index (χ3n) is 2.22. The Hall–Kier alpha value is -2.24. The van der Waals surface area contributed by atoms with Gasteiger partial charge in [0, 0.05) is 31.6 Å². The van der Waals surface area contributed by atoms with Gasteiger partial charge < -0.3 is 10.3 Å². The Morgan fingerprint density at radius 2 is 2.24 bits per heavy atom. The van der Waals surface area contributed by atoms with Crippen molar-refractivity contribution in [2.45, 2.75) is 13.3 Å². The maximum absolute atomic E-state index is 11.6. The summed E-state index contributed by atoms with van der Waals surface area (Å²) in [5.41, 5.74) is 1.12. The number of hydrogen-bond donors (Lipinski definition) is 2. The Kier molecular flexibility index (Phi) is 3.44. The fourth-order valence-electron chi connectivity index (χ4n) is 1.33. The summed E-state index contributed by atoms with van der Waals surface area (Å²) in [6, 6.07) is 0. The van der Waals surface area contributed by atoms with Crippen LogP contribution < -0.4 is 5.32 Å². The van der Waals surface area contributed by atoms with Crippen LogP contribution in [0.3, 0.4) is 0 Å². The minimum absolute atomic E-state index is 0.218. The first-order valence-corrected chi connectivity index (χ1v) is 5.31. The maximum Gasteiger partial charge on any atom is 0.271 e. The van der Waals surface area contributed by atoms with Crippen molar-refractivity contribution in [3.8, 4) is 0 Å². The second-order valence-electron chi connectivity index (χ2n) is 3.58. The quantitative estimate of drug-likeness (QED) is 0.801. The molecule has 0 atom stereocenters. The molecule has 2 N–H and O–H groups in total. The van der Waals surface area contributed by atoms with Crippen LogP contribution in [0.25, 0.3) is 0 Å². The van der Waals surface area contributed by atoms with Crippen molar-refractivity contribution >= 4 is 5.91 Å². The molecule has 0 saturated heterocycles. The van der Waals surface area contributed by atoms with Crippen LogP contribution in [0.15, 0.2) is 24.8 Å². The number of aryl methyl sites for hydroxylation is 1. The molecule has 88 valence electrons. The van der Waals surface area contributed by atoms with Gasteiger partial charge in [-0.05, 0) is 6.92 Å². The molecule has 0 radical (unpaired) electrons. The van der Waals surface area contributed by atoms with E-state index in [0.29, 0.717) is 18.7 Å². The van der Waals surface area contributed by atoms with Gasteiger partial charge in [0.25, 0.3) is 5.91 Å². The Morgan fingerprint density at radius 1 is 1.35 bits per heavy atom. The largest absolute Gasteiger partial charge is 0.350 e. The van der Waals surface area contributed by atoms with Gasteiger partial charge in [-0.3, -0.25) is 9.78 Å². The van der Waals surface area contributed by atoms with Crippen molar-refractivity contribution in [2.24, 2.45) is 0 Å². The van der Waals surface area contributed by atoms with Gasteiger partial charge in [-0.1, -0.05) is 0 Å². The molecule has 2 aromatic rings. The minimum atomic E-state index is -0.218. The molecule has 6 heteroatoms. The summed E-state index contributed by atoms with van der Waals surface area (Å²) in [7, 11) is 0. The highest BCUT2D eigenvalue weighted by Crippen LogP contribution is 1.94. The van der Waals surface area contributed by atoms with Crippen LogP contribution in [0, 0.1) is 6.92 Å². The first-order valence-electron chi connectivity index (χ1n) is 5.31. The predicted molar refractivity (Wildman–Crippen MR) is 61.4 cm³/mol. The Labute approximate surface area is 98.5 Å². The zero-order valence-electron chi connectivity index (χ0n) is 9.47. The minimum Gasteiger partial charge on any atom is -0.350 e. The molecule has 0 unspecified atom stereocenters. The van der Waals surface area contributed by atoms with E-state index in [1.54, 1.807) is 18.6 Å². The summed E-state index contributed by atoms with van der Waals surface area (Å²) in [6.45, 7) is 2.34. The van der Waals surface area contributed by atoms with Crippen LogP contribution in [0.2, 0.25) is 0 Å². The number of nitrogens with zero attached hydrogens (tertiary/aromatic N) is 3. The molecule has 2 aromatic heterocycles. The molecule has 0 saturated carbocycles. The van der Waals surface area contributed by atoms with Crippen molar-refractivity contribution in [2.75, 3.05) is 6.54 Å². The summed E-state index contributed by atoms with van der Waals surface area (Å²) >= 11 is 0. The van der Waals surface area contributed by atoms with E-state index < -0.39 is 0 Å². The van der Waals surface area contributed by atoms with Crippen molar-refractivity contribution in [3.63, 3.8) is 0 Å². The van der Waals surface area contributed by atoms with Crippen LogP contribution in [0.4, 0.5) is 0 Å². The summed E-state index contributed by atoms with van der Waals surface area (Å²) in [4.78, 5) is 26.7. The summed E-state index contributed by atoms with van der Waals surface area (Å²) in [5, 5.41) is 2.76. The van der Waals surface area contributed by atoms with Gasteiger partial charge in [-0.2, -0.15) is 0 Å². The highest BCUT2D eigenvalue weighted by Gasteiger charge is 2.06. The topological polar surface area (TPSA) is 83.6 Å². The van der Waals surface area contributed by atoms with E-state index in [-0.39, 0.29) is 5.91 Å².